The molecular weight excluding hydrogens is 328 g/mol. The molecule has 2 N–H and O–H groups in total. The minimum Gasteiger partial charge on any atom is -0.492 e. The maximum Gasteiger partial charge on any atom is 0.339 e. The van der Waals surface area contributed by atoms with E-state index in [9.17, 15) is 4.79 Å². The molecule has 0 aliphatic rings. The third-order valence-corrected chi connectivity index (χ3v) is 4.24. The summed E-state index contributed by atoms with van der Waals surface area (Å²) in [6.07, 6.45) is 1.67. The summed E-state index contributed by atoms with van der Waals surface area (Å²) in [6.45, 7) is 4.45. The van der Waals surface area contributed by atoms with Crippen LogP contribution in [0.15, 0.2) is 53.6 Å². The van der Waals surface area contributed by atoms with E-state index in [0.29, 0.717) is 18.0 Å². The van der Waals surface area contributed by atoms with Gasteiger partial charge in [-0.05, 0) is 32.0 Å². The summed E-state index contributed by atoms with van der Waals surface area (Å²) in [6, 6.07) is 15.0. The van der Waals surface area contributed by atoms with E-state index in [1.54, 1.807) is 12.3 Å². The minimum absolute atomic E-state index is 0.425. The van der Waals surface area contributed by atoms with Crippen molar-refractivity contribution in [1.29, 1.82) is 0 Å². The number of rotatable bonds is 5. The summed E-state index contributed by atoms with van der Waals surface area (Å²) >= 11 is 0. The van der Waals surface area contributed by atoms with Crippen molar-refractivity contribution in [2.45, 2.75) is 13.8 Å². The van der Waals surface area contributed by atoms with E-state index in [4.69, 9.17) is 4.74 Å². The highest BCUT2D eigenvalue weighted by Gasteiger charge is 2.10. The summed E-state index contributed by atoms with van der Waals surface area (Å²) in [5, 5.41) is 7.94. The summed E-state index contributed by atoms with van der Waals surface area (Å²) < 4.78 is 7.60. The van der Waals surface area contributed by atoms with Crippen LogP contribution in [0.25, 0.3) is 10.9 Å². The van der Waals surface area contributed by atoms with Gasteiger partial charge in [0.15, 0.2) is 0 Å². The third-order valence-electron chi connectivity index (χ3n) is 4.24. The van der Waals surface area contributed by atoms with Crippen molar-refractivity contribution in [2.24, 2.45) is 12.1 Å². The smallest absolute Gasteiger partial charge is 0.339 e. The van der Waals surface area contributed by atoms with E-state index in [1.807, 2.05) is 57.3 Å². The quantitative estimate of drug-likeness (QED) is 0.539. The summed E-state index contributed by atoms with van der Waals surface area (Å²) in [5.74, 6) is 0.624. The van der Waals surface area contributed by atoms with E-state index < -0.39 is 6.03 Å². The maximum absolute atomic E-state index is 12.1. The molecule has 0 bridgehead atoms. The number of anilines is 1. The zero-order chi connectivity index (χ0) is 18.5. The first kappa shape index (κ1) is 17.5. The van der Waals surface area contributed by atoms with Crippen LogP contribution in [0.4, 0.5) is 10.5 Å². The van der Waals surface area contributed by atoms with E-state index in [-0.39, 0.29) is 0 Å². The average molecular weight is 350 g/mol. The van der Waals surface area contributed by atoms with Crippen molar-refractivity contribution in [3.05, 3.63) is 59.8 Å². The zero-order valence-electron chi connectivity index (χ0n) is 15.1. The van der Waals surface area contributed by atoms with Gasteiger partial charge < -0.3 is 14.6 Å². The molecule has 0 radical (unpaired) electrons. The van der Waals surface area contributed by atoms with Gasteiger partial charge in [-0.2, -0.15) is 5.10 Å². The molecule has 6 heteroatoms. The Morgan fingerprint density at radius 2 is 1.92 bits per heavy atom. The van der Waals surface area contributed by atoms with E-state index >= 15 is 0 Å². The molecule has 26 heavy (non-hydrogen) atoms. The van der Waals surface area contributed by atoms with E-state index in [0.717, 1.165) is 22.2 Å². The van der Waals surface area contributed by atoms with E-state index in [1.165, 1.54) is 0 Å². The molecule has 2 amide bonds. The fraction of sp³-hybridized carbons (Fsp3) is 0.200. The SMILES string of the molecule is CCOc1ccccc1NC(=O)N/N=C\c1c(C)n(C)c2ccccc12. The number of nitrogens with zero attached hydrogens (tertiary/aromatic N) is 2. The molecule has 0 saturated heterocycles. The summed E-state index contributed by atoms with van der Waals surface area (Å²) in [4.78, 5) is 12.1. The molecule has 1 aromatic heterocycles. The molecule has 0 spiro atoms. The number of carbonyl (C=O) groups is 1. The first-order valence-electron chi connectivity index (χ1n) is 8.47. The number of benzene rings is 2. The van der Waals surface area contributed by atoms with Crippen molar-refractivity contribution in [3.63, 3.8) is 0 Å². The lowest BCUT2D eigenvalue weighted by atomic mass is 10.1. The Hall–Kier alpha value is -3.28. The average Bonchev–Trinajstić information content (AvgIpc) is 2.89. The largest absolute Gasteiger partial charge is 0.492 e. The molecule has 3 rings (SSSR count). The lowest BCUT2D eigenvalue weighted by molar-refractivity contribution is 0.252. The Morgan fingerprint density at radius 3 is 2.73 bits per heavy atom. The lowest BCUT2D eigenvalue weighted by Crippen LogP contribution is -2.24. The Labute approximate surface area is 152 Å². The summed E-state index contributed by atoms with van der Waals surface area (Å²) in [7, 11) is 2.01. The lowest BCUT2D eigenvalue weighted by Gasteiger charge is -2.10. The molecule has 0 atom stereocenters. The number of hydrogen-bond acceptors (Lipinski definition) is 3. The van der Waals surface area contributed by atoms with Crippen molar-refractivity contribution in [2.75, 3.05) is 11.9 Å². The molecule has 0 aliphatic heterocycles. The Balaban J connectivity index is 1.72. The van der Waals surface area contributed by atoms with Gasteiger partial charge in [-0.1, -0.05) is 30.3 Å². The van der Waals surface area contributed by atoms with Crippen molar-refractivity contribution in [1.82, 2.24) is 9.99 Å². The normalized spacial score (nSPS) is 11.0. The van der Waals surface area contributed by atoms with Crippen LogP contribution in [-0.2, 0) is 7.05 Å². The fourth-order valence-corrected chi connectivity index (χ4v) is 2.87. The Kier molecular flexibility index (Phi) is 5.22. The standard InChI is InChI=1S/C20H22N4O2/c1-4-26-19-12-8-6-10-17(19)22-20(25)23-21-13-16-14(2)24(3)18-11-7-5-9-15(16)18/h5-13H,4H2,1-3H3,(H2,22,23,25)/b21-13-. The molecule has 0 fully saturated rings. The first-order valence-corrected chi connectivity index (χ1v) is 8.47. The topological polar surface area (TPSA) is 67.7 Å². The molecule has 2 aromatic carbocycles. The molecule has 6 nitrogen and oxygen atoms in total. The van der Waals surface area contributed by atoms with Crippen LogP contribution in [0, 0.1) is 6.92 Å². The van der Waals surface area contributed by atoms with E-state index in [2.05, 4.69) is 26.5 Å². The number of amides is 2. The number of aryl methyl sites for hydroxylation is 1. The highest BCUT2D eigenvalue weighted by atomic mass is 16.5. The number of aromatic nitrogens is 1. The van der Waals surface area contributed by atoms with Gasteiger partial charge in [0.1, 0.15) is 5.75 Å². The number of nitrogens with one attached hydrogen (secondary N) is 2. The molecule has 0 saturated carbocycles. The number of carbonyl (C=O) groups excluding carboxylic acids is 1. The van der Waals surface area contributed by atoms with Crippen LogP contribution >= 0.6 is 0 Å². The van der Waals surface area contributed by atoms with Gasteiger partial charge in [-0.3, -0.25) is 0 Å². The van der Waals surface area contributed by atoms with Crippen LogP contribution in [0.3, 0.4) is 0 Å². The van der Waals surface area contributed by atoms with Gasteiger partial charge >= 0.3 is 6.03 Å². The molecule has 3 aromatic rings. The van der Waals surface area contributed by atoms with Gasteiger partial charge in [0.2, 0.25) is 0 Å². The second-order valence-corrected chi connectivity index (χ2v) is 5.83. The maximum atomic E-state index is 12.1. The summed E-state index contributed by atoms with van der Waals surface area (Å²) in [5.41, 5.74) is 6.30. The van der Waals surface area contributed by atoms with Gasteiger partial charge in [0, 0.05) is 29.2 Å². The Morgan fingerprint density at radius 1 is 1.19 bits per heavy atom. The third kappa shape index (κ3) is 3.54. The number of hydrazone groups is 1. The van der Waals surface area contributed by atoms with Crippen molar-refractivity contribution < 1.29 is 9.53 Å². The monoisotopic (exact) mass is 350 g/mol. The first-order chi connectivity index (χ1) is 12.6. The zero-order valence-corrected chi connectivity index (χ0v) is 15.1. The molecule has 0 unspecified atom stereocenters. The second-order valence-electron chi connectivity index (χ2n) is 5.83. The number of para-hydroxylation sites is 3. The predicted molar refractivity (Wildman–Crippen MR) is 105 cm³/mol. The Bertz CT molecular complexity index is 960. The molecule has 134 valence electrons. The van der Waals surface area contributed by atoms with Crippen LogP contribution in [0.5, 0.6) is 5.75 Å². The van der Waals surface area contributed by atoms with Gasteiger partial charge in [0.05, 0.1) is 18.5 Å². The minimum atomic E-state index is -0.425. The highest BCUT2D eigenvalue weighted by molar-refractivity contribution is 6.01. The number of ether oxygens (including phenoxy) is 1. The van der Waals surface area contributed by atoms with Gasteiger partial charge in [0.25, 0.3) is 0 Å². The molecule has 1 heterocycles. The van der Waals surface area contributed by atoms with Gasteiger partial charge in [-0.25, -0.2) is 10.2 Å². The van der Waals surface area contributed by atoms with Crippen molar-refractivity contribution in [3.8, 4) is 5.75 Å². The van der Waals surface area contributed by atoms with Crippen LogP contribution in [0.1, 0.15) is 18.2 Å². The van der Waals surface area contributed by atoms with Crippen LogP contribution in [0.2, 0.25) is 0 Å². The van der Waals surface area contributed by atoms with Crippen LogP contribution in [-0.4, -0.2) is 23.4 Å². The predicted octanol–water partition coefficient (Wildman–Crippen LogP) is 4.04. The van der Waals surface area contributed by atoms with Crippen molar-refractivity contribution >= 4 is 28.8 Å². The number of urea groups is 1. The molecular formula is C20H22N4O2. The second kappa shape index (κ2) is 7.74. The fourth-order valence-electron chi connectivity index (χ4n) is 2.87. The van der Waals surface area contributed by atoms with Gasteiger partial charge in [-0.15, -0.1) is 0 Å². The van der Waals surface area contributed by atoms with Crippen LogP contribution < -0.4 is 15.5 Å². The molecule has 0 aliphatic carbocycles. The highest BCUT2D eigenvalue weighted by Crippen LogP contribution is 2.24. The number of fused-ring (bicyclic) bond motifs is 1. The number of hydrogen-bond donors (Lipinski definition) is 2.